The van der Waals surface area contributed by atoms with Crippen LogP contribution in [0.4, 0.5) is 10.5 Å². The van der Waals surface area contributed by atoms with E-state index >= 15 is 0 Å². The molecule has 0 aliphatic carbocycles. The van der Waals surface area contributed by atoms with E-state index in [9.17, 15) is 4.79 Å². The molecule has 0 spiro atoms. The van der Waals surface area contributed by atoms with Gasteiger partial charge in [0.1, 0.15) is 5.75 Å². The summed E-state index contributed by atoms with van der Waals surface area (Å²) in [5.74, 6) is 1.20. The highest BCUT2D eigenvalue weighted by atomic mass is 16.5. The number of piperidine rings is 1. The molecule has 1 aromatic carbocycles. The minimum Gasteiger partial charge on any atom is -0.495 e. The lowest BCUT2D eigenvalue weighted by molar-refractivity contribution is 0.139. The Morgan fingerprint density at radius 2 is 2.18 bits per heavy atom. The van der Waals surface area contributed by atoms with Crippen molar-refractivity contribution < 1.29 is 9.53 Å². The van der Waals surface area contributed by atoms with Crippen LogP contribution in [0.3, 0.4) is 0 Å². The van der Waals surface area contributed by atoms with Crippen molar-refractivity contribution in [3.8, 4) is 5.75 Å². The minimum atomic E-state index is -0.175. The number of carbonyl (C=O) groups excluding carboxylic acids is 1. The number of hydrogen-bond acceptors (Lipinski definition) is 3. The van der Waals surface area contributed by atoms with Gasteiger partial charge in [0, 0.05) is 19.1 Å². The molecule has 1 atom stereocenters. The maximum absolute atomic E-state index is 12.0. The number of methoxy groups -OCH3 is 1. The molecule has 122 valence electrons. The quantitative estimate of drug-likeness (QED) is 0.879. The van der Waals surface area contributed by atoms with Gasteiger partial charge in [-0.3, -0.25) is 0 Å². The summed E-state index contributed by atoms with van der Waals surface area (Å²) in [6.45, 7) is 7.40. The number of hydrogen-bond donors (Lipinski definition) is 2. The third kappa shape index (κ3) is 4.63. The lowest BCUT2D eigenvalue weighted by Crippen LogP contribution is -2.44. The molecule has 0 radical (unpaired) electrons. The number of anilines is 1. The van der Waals surface area contributed by atoms with Crippen LogP contribution in [0.5, 0.6) is 5.75 Å². The Morgan fingerprint density at radius 3 is 2.91 bits per heavy atom. The molecule has 1 heterocycles. The van der Waals surface area contributed by atoms with E-state index < -0.39 is 0 Å². The molecule has 1 fully saturated rings. The van der Waals surface area contributed by atoms with E-state index in [1.807, 2.05) is 24.3 Å². The van der Waals surface area contributed by atoms with E-state index in [1.54, 1.807) is 7.11 Å². The van der Waals surface area contributed by atoms with Crippen LogP contribution in [0.1, 0.15) is 26.7 Å². The summed E-state index contributed by atoms with van der Waals surface area (Å²) in [5, 5.41) is 5.83. The first-order valence-corrected chi connectivity index (χ1v) is 8.02. The average Bonchev–Trinajstić information content (AvgIpc) is 2.53. The Kier molecular flexibility index (Phi) is 6.07. The normalized spacial score (nSPS) is 19.0. The number of likely N-dealkylation sites (tertiary alicyclic amines) is 1. The summed E-state index contributed by atoms with van der Waals surface area (Å²) in [6, 6.07) is 7.82. The first-order chi connectivity index (χ1) is 10.6. The Bertz CT molecular complexity index is 491. The fraction of sp³-hybridized carbons (Fsp3) is 0.588. The van der Waals surface area contributed by atoms with E-state index in [0.717, 1.165) is 6.54 Å². The van der Waals surface area contributed by atoms with Gasteiger partial charge in [0.25, 0.3) is 0 Å². The monoisotopic (exact) mass is 305 g/mol. The summed E-state index contributed by atoms with van der Waals surface area (Å²) >= 11 is 0. The maximum atomic E-state index is 12.0. The van der Waals surface area contributed by atoms with Crippen molar-refractivity contribution in [2.24, 2.45) is 5.92 Å². The zero-order valence-electron chi connectivity index (χ0n) is 13.8. The van der Waals surface area contributed by atoms with Crippen LogP contribution in [-0.2, 0) is 0 Å². The fourth-order valence-electron chi connectivity index (χ4n) is 2.88. The van der Waals surface area contributed by atoms with Crippen LogP contribution >= 0.6 is 0 Å². The van der Waals surface area contributed by atoms with Crippen molar-refractivity contribution in [1.82, 2.24) is 10.2 Å². The van der Waals surface area contributed by atoms with Crippen LogP contribution < -0.4 is 15.4 Å². The molecule has 2 N–H and O–H groups in total. The highest BCUT2D eigenvalue weighted by Crippen LogP contribution is 2.23. The first-order valence-electron chi connectivity index (χ1n) is 8.02. The second kappa shape index (κ2) is 8.03. The lowest BCUT2D eigenvalue weighted by atomic mass is 9.97. The van der Waals surface area contributed by atoms with Crippen LogP contribution in [0.25, 0.3) is 0 Å². The highest BCUT2D eigenvalue weighted by Gasteiger charge is 2.22. The van der Waals surface area contributed by atoms with Crippen LogP contribution in [0.2, 0.25) is 0 Å². The first kappa shape index (κ1) is 16.6. The molecule has 2 amide bonds. The molecule has 1 aliphatic rings. The van der Waals surface area contributed by atoms with Crippen molar-refractivity contribution in [3.05, 3.63) is 24.3 Å². The maximum Gasteiger partial charge on any atom is 0.319 e. The summed E-state index contributed by atoms with van der Waals surface area (Å²) in [4.78, 5) is 14.5. The SMILES string of the molecule is COc1ccccc1NC(=O)NC[C@H]1CCCN(C(C)C)C1. The molecule has 0 saturated carbocycles. The zero-order valence-corrected chi connectivity index (χ0v) is 13.8. The topological polar surface area (TPSA) is 53.6 Å². The largest absolute Gasteiger partial charge is 0.495 e. The second-order valence-electron chi connectivity index (χ2n) is 6.13. The Morgan fingerprint density at radius 1 is 1.41 bits per heavy atom. The summed E-state index contributed by atoms with van der Waals surface area (Å²) in [5.41, 5.74) is 0.690. The molecule has 0 bridgehead atoms. The molecule has 22 heavy (non-hydrogen) atoms. The molecule has 0 unspecified atom stereocenters. The lowest BCUT2D eigenvalue weighted by Gasteiger charge is -2.35. The number of ether oxygens (including phenoxy) is 1. The third-order valence-corrected chi connectivity index (χ3v) is 4.19. The summed E-state index contributed by atoms with van der Waals surface area (Å²) in [7, 11) is 1.60. The Hall–Kier alpha value is -1.75. The number of para-hydroxylation sites is 2. The Labute approximate surface area is 133 Å². The highest BCUT2D eigenvalue weighted by molar-refractivity contribution is 5.90. The Balaban J connectivity index is 1.80. The molecule has 5 heteroatoms. The van der Waals surface area contributed by atoms with Gasteiger partial charge in [0.2, 0.25) is 0 Å². The van der Waals surface area contributed by atoms with Crippen LogP contribution in [0, 0.1) is 5.92 Å². The van der Waals surface area contributed by atoms with E-state index in [-0.39, 0.29) is 6.03 Å². The van der Waals surface area contributed by atoms with Gasteiger partial charge < -0.3 is 20.3 Å². The average molecular weight is 305 g/mol. The van der Waals surface area contributed by atoms with Crippen molar-refractivity contribution >= 4 is 11.7 Å². The number of benzene rings is 1. The summed E-state index contributed by atoms with van der Waals surface area (Å²) in [6.07, 6.45) is 2.39. The van der Waals surface area contributed by atoms with Crippen molar-refractivity contribution in [2.45, 2.75) is 32.7 Å². The second-order valence-corrected chi connectivity index (χ2v) is 6.13. The predicted octanol–water partition coefficient (Wildman–Crippen LogP) is 2.94. The van der Waals surface area contributed by atoms with Gasteiger partial charge in [-0.05, 0) is 51.3 Å². The standard InChI is InChI=1S/C17H27N3O2/c1-13(2)20-10-6-7-14(12-20)11-18-17(21)19-15-8-4-5-9-16(15)22-3/h4-5,8-9,13-14H,6-7,10-12H2,1-3H3,(H2,18,19,21)/t14-/m1/s1. The van der Waals surface area contributed by atoms with Gasteiger partial charge in [-0.25, -0.2) is 4.79 Å². The molecule has 2 rings (SSSR count). The van der Waals surface area contributed by atoms with Gasteiger partial charge in [-0.2, -0.15) is 0 Å². The van der Waals surface area contributed by atoms with E-state index in [4.69, 9.17) is 4.74 Å². The minimum absolute atomic E-state index is 0.175. The zero-order chi connectivity index (χ0) is 15.9. The third-order valence-electron chi connectivity index (χ3n) is 4.19. The number of rotatable bonds is 5. The van der Waals surface area contributed by atoms with Gasteiger partial charge in [-0.1, -0.05) is 12.1 Å². The number of nitrogens with zero attached hydrogens (tertiary/aromatic N) is 1. The number of carbonyl (C=O) groups is 1. The molecule has 5 nitrogen and oxygen atoms in total. The van der Waals surface area contributed by atoms with Crippen LogP contribution in [0.15, 0.2) is 24.3 Å². The summed E-state index contributed by atoms with van der Waals surface area (Å²) < 4.78 is 5.23. The molecule has 1 aromatic rings. The van der Waals surface area contributed by atoms with Crippen LogP contribution in [-0.4, -0.2) is 43.7 Å². The molecule has 0 aromatic heterocycles. The molecular weight excluding hydrogens is 278 g/mol. The smallest absolute Gasteiger partial charge is 0.319 e. The van der Waals surface area contributed by atoms with E-state index in [1.165, 1.54) is 19.4 Å². The van der Waals surface area contributed by atoms with Gasteiger partial charge >= 0.3 is 6.03 Å². The van der Waals surface area contributed by atoms with Gasteiger partial charge in [0.15, 0.2) is 0 Å². The van der Waals surface area contributed by atoms with E-state index in [0.29, 0.717) is 29.9 Å². The number of amides is 2. The van der Waals surface area contributed by atoms with Crippen molar-refractivity contribution in [2.75, 3.05) is 32.1 Å². The van der Waals surface area contributed by atoms with Crippen molar-refractivity contribution in [3.63, 3.8) is 0 Å². The van der Waals surface area contributed by atoms with E-state index in [2.05, 4.69) is 29.4 Å². The predicted molar refractivity (Wildman–Crippen MR) is 89.4 cm³/mol. The number of nitrogens with one attached hydrogen (secondary N) is 2. The van der Waals surface area contributed by atoms with Crippen molar-refractivity contribution in [1.29, 1.82) is 0 Å². The number of urea groups is 1. The molecule has 1 aliphatic heterocycles. The molecular formula is C17H27N3O2. The van der Waals surface area contributed by atoms with Gasteiger partial charge in [-0.15, -0.1) is 0 Å². The van der Waals surface area contributed by atoms with Gasteiger partial charge in [0.05, 0.1) is 12.8 Å². The fourth-order valence-corrected chi connectivity index (χ4v) is 2.88. The molecule has 1 saturated heterocycles.